The number of hydrogen-bond acceptors (Lipinski definition) is 1. The van der Waals surface area contributed by atoms with Crippen molar-refractivity contribution in [3.63, 3.8) is 0 Å². The smallest absolute Gasteiger partial charge is 0.314 e. The van der Waals surface area contributed by atoms with Crippen LogP contribution in [0.1, 0.15) is 0 Å². The molecule has 0 amide bonds. The van der Waals surface area contributed by atoms with Crippen LogP contribution in [0, 0.1) is 41.7 Å². The van der Waals surface area contributed by atoms with Crippen molar-refractivity contribution in [1.29, 1.82) is 0 Å². The van der Waals surface area contributed by atoms with E-state index in [1.54, 1.807) is 0 Å². The number of rotatable bonds is 0. The first-order valence-corrected chi connectivity index (χ1v) is 1.95. The van der Waals surface area contributed by atoms with Gasteiger partial charge in [-0.15, -0.1) is 0 Å². The summed E-state index contributed by atoms with van der Waals surface area (Å²) in [5.41, 5.74) is 0. The molecular formula is H3CeO3P. The molecule has 0 aliphatic rings. The molecule has 0 saturated heterocycles. The summed E-state index contributed by atoms with van der Waals surface area (Å²) in [5.74, 6) is 0. The third-order valence-corrected chi connectivity index (χ3v) is 0. The Hall–Kier alpha value is 1.53. The Balaban J connectivity index is 0. The van der Waals surface area contributed by atoms with Gasteiger partial charge in [0.1, 0.15) is 0 Å². The van der Waals surface area contributed by atoms with Crippen molar-refractivity contribution in [3.8, 4) is 0 Å². The molecule has 0 bridgehead atoms. The fourth-order valence-electron chi connectivity index (χ4n) is 0. The van der Waals surface area contributed by atoms with Crippen molar-refractivity contribution in [2.75, 3.05) is 0 Å². The summed E-state index contributed by atoms with van der Waals surface area (Å²) in [5, 5.41) is 0. The Labute approximate surface area is 63.7 Å². The molecule has 0 radical (unpaired) electrons. The van der Waals surface area contributed by atoms with E-state index >= 15 is 0 Å². The van der Waals surface area contributed by atoms with E-state index < -0.39 is 8.25 Å². The molecule has 0 fully saturated rings. The minimum Gasteiger partial charge on any atom is -0.326 e. The second-order valence-corrected chi connectivity index (χ2v) is 0.848. The summed E-state index contributed by atoms with van der Waals surface area (Å²) in [6.07, 6.45) is 0. The molecule has 2 N–H and O–H groups in total. The minimum absolute atomic E-state index is 0. The molecule has 3 nitrogen and oxygen atoms in total. The molecule has 0 atom stereocenters. The van der Waals surface area contributed by atoms with Crippen molar-refractivity contribution in [2.24, 2.45) is 0 Å². The van der Waals surface area contributed by atoms with Gasteiger partial charge in [0.25, 0.3) is 0 Å². The summed E-state index contributed by atoms with van der Waals surface area (Å²) in [6, 6.07) is 0. The molecule has 5 heavy (non-hydrogen) atoms. The van der Waals surface area contributed by atoms with Crippen LogP contribution in [0.4, 0.5) is 0 Å². The Kier molecular flexibility index (Phi) is 10.8. The van der Waals surface area contributed by atoms with Crippen LogP contribution < -0.4 is 0 Å². The van der Waals surface area contributed by atoms with Gasteiger partial charge in [0.05, 0.1) is 0 Å². The fraction of sp³-hybridized carbons (Fsp3) is 0. The first kappa shape index (κ1) is 9.73. The van der Waals surface area contributed by atoms with Crippen molar-refractivity contribution >= 4 is 8.25 Å². The molecule has 0 spiro atoms. The molecular weight excluding hydrogens is 219 g/mol. The molecule has 30 valence electrons. The summed E-state index contributed by atoms with van der Waals surface area (Å²) in [6.45, 7) is 0. The summed E-state index contributed by atoms with van der Waals surface area (Å²) in [4.78, 5) is 14.3. The second-order valence-electron chi connectivity index (χ2n) is 0.283. The van der Waals surface area contributed by atoms with Gasteiger partial charge in [0, 0.05) is 41.7 Å². The Bertz CT molecular complexity index is 29.9. The Morgan fingerprint density at radius 1 is 1.40 bits per heavy atom. The van der Waals surface area contributed by atoms with Gasteiger partial charge in [-0.3, -0.25) is 4.57 Å². The summed E-state index contributed by atoms with van der Waals surface area (Å²) < 4.78 is 8.74. The topological polar surface area (TPSA) is 57.5 Å². The molecule has 0 aromatic carbocycles. The van der Waals surface area contributed by atoms with Crippen molar-refractivity contribution in [1.82, 2.24) is 0 Å². The summed E-state index contributed by atoms with van der Waals surface area (Å²) >= 11 is 0. The van der Waals surface area contributed by atoms with E-state index in [1.807, 2.05) is 0 Å². The molecule has 0 aliphatic heterocycles. The quantitative estimate of drug-likeness (QED) is 0.536. The van der Waals surface area contributed by atoms with Crippen LogP contribution in [-0.2, 0) is 4.57 Å². The standard InChI is InChI=1S/Ce.H3O3P/c;1-4(2)3/h;4H,(H2,1,2,3). The Morgan fingerprint density at radius 2 is 1.40 bits per heavy atom. The van der Waals surface area contributed by atoms with Crippen molar-refractivity contribution in [3.05, 3.63) is 0 Å². The van der Waals surface area contributed by atoms with E-state index in [9.17, 15) is 0 Å². The molecule has 0 heterocycles. The third kappa shape index (κ3) is 29.5. The van der Waals surface area contributed by atoms with Gasteiger partial charge in [-0.25, -0.2) is 0 Å². The van der Waals surface area contributed by atoms with E-state index in [1.165, 1.54) is 0 Å². The largest absolute Gasteiger partial charge is 0.326 e. The maximum atomic E-state index is 8.74. The maximum Gasteiger partial charge on any atom is 0.314 e. The van der Waals surface area contributed by atoms with E-state index in [0.717, 1.165) is 0 Å². The predicted octanol–water partition coefficient (Wildman–Crippen LogP) is -0.639. The van der Waals surface area contributed by atoms with E-state index in [2.05, 4.69) is 0 Å². The van der Waals surface area contributed by atoms with Gasteiger partial charge < -0.3 is 9.79 Å². The van der Waals surface area contributed by atoms with Crippen molar-refractivity contribution < 1.29 is 56.1 Å². The van der Waals surface area contributed by atoms with Gasteiger partial charge in [-0.05, 0) is 0 Å². The van der Waals surface area contributed by atoms with E-state index in [-0.39, 0.29) is 41.7 Å². The van der Waals surface area contributed by atoms with Crippen LogP contribution in [0.5, 0.6) is 0 Å². The van der Waals surface area contributed by atoms with Crippen LogP contribution in [0.15, 0.2) is 0 Å². The molecule has 0 saturated carbocycles. The number of hydrogen-bond donors (Lipinski definition) is 2. The van der Waals surface area contributed by atoms with Crippen LogP contribution >= 0.6 is 8.25 Å². The van der Waals surface area contributed by atoms with E-state index in [0.29, 0.717) is 0 Å². The minimum atomic E-state index is -3.13. The van der Waals surface area contributed by atoms with Crippen LogP contribution in [0.25, 0.3) is 0 Å². The third-order valence-electron chi connectivity index (χ3n) is 0. The molecule has 0 aromatic heterocycles. The SMILES string of the molecule is O=[PH](O)O.[Ce]. The van der Waals surface area contributed by atoms with Crippen LogP contribution in [0.3, 0.4) is 0 Å². The second kappa shape index (κ2) is 5.53. The van der Waals surface area contributed by atoms with E-state index in [4.69, 9.17) is 14.4 Å². The molecule has 0 rings (SSSR count). The van der Waals surface area contributed by atoms with Gasteiger partial charge in [-0.1, -0.05) is 0 Å². The molecule has 0 aromatic rings. The fourth-order valence-corrected chi connectivity index (χ4v) is 0. The zero-order valence-electron chi connectivity index (χ0n) is 2.30. The van der Waals surface area contributed by atoms with Crippen molar-refractivity contribution in [2.45, 2.75) is 0 Å². The van der Waals surface area contributed by atoms with Gasteiger partial charge in [0.2, 0.25) is 0 Å². The zero-order valence-corrected chi connectivity index (χ0v) is 6.44. The molecule has 0 unspecified atom stereocenters. The van der Waals surface area contributed by atoms with Gasteiger partial charge >= 0.3 is 8.25 Å². The van der Waals surface area contributed by atoms with Crippen LogP contribution in [-0.4, -0.2) is 9.79 Å². The normalized spacial score (nSPS) is 7.00. The average molecular weight is 222 g/mol. The van der Waals surface area contributed by atoms with Gasteiger partial charge in [0.15, 0.2) is 0 Å². The molecule has 5 heteroatoms. The zero-order chi connectivity index (χ0) is 3.58. The van der Waals surface area contributed by atoms with Crippen LogP contribution in [0.2, 0.25) is 0 Å². The maximum absolute atomic E-state index is 8.74. The summed E-state index contributed by atoms with van der Waals surface area (Å²) in [7, 11) is -3.13. The monoisotopic (exact) mass is 222 g/mol. The van der Waals surface area contributed by atoms with Gasteiger partial charge in [-0.2, -0.15) is 0 Å². The first-order chi connectivity index (χ1) is 1.73. The first-order valence-electron chi connectivity index (χ1n) is 0.651. The molecule has 0 aliphatic carbocycles. The average Bonchev–Trinajstić information content (AvgIpc) is 0.811. The Morgan fingerprint density at radius 3 is 1.40 bits per heavy atom. The predicted molar refractivity (Wildman–Crippen MR) is 13.4 cm³/mol.